The van der Waals surface area contributed by atoms with Crippen LogP contribution in [-0.4, -0.2) is 16.9 Å². The number of ether oxygens (including phenoxy) is 1. The molecule has 0 aliphatic heterocycles. The molecule has 0 aliphatic carbocycles. The molecule has 0 amide bonds. The van der Waals surface area contributed by atoms with Crippen LogP contribution >= 0.6 is 11.6 Å². The van der Waals surface area contributed by atoms with Gasteiger partial charge in [-0.05, 0) is 25.1 Å². The Hall–Kier alpha value is -1.56. The van der Waals surface area contributed by atoms with E-state index in [0.29, 0.717) is 5.02 Å². The van der Waals surface area contributed by atoms with Crippen molar-refractivity contribution in [2.75, 3.05) is 7.11 Å². The smallest absolute Gasteiger partial charge is 0.124 e. The van der Waals surface area contributed by atoms with Gasteiger partial charge in [0, 0.05) is 28.9 Å². The Labute approximate surface area is 117 Å². The van der Waals surface area contributed by atoms with Crippen LogP contribution in [0, 0.1) is 6.92 Å². The van der Waals surface area contributed by atoms with Gasteiger partial charge in [-0.1, -0.05) is 11.6 Å². The van der Waals surface area contributed by atoms with Crippen LogP contribution in [0.15, 0.2) is 24.4 Å². The minimum atomic E-state index is -0.220. The molecule has 3 N–H and O–H groups in total. The number of hydrogen-bond donors (Lipinski definition) is 2. The Balaban J connectivity index is 2.53. The molecule has 1 aromatic carbocycles. The maximum Gasteiger partial charge on any atom is 0.124 e. The van der Waals surface area contributed by atoms with Crippen LogP contribution in [0.25, 0.3) is 0 Å². The van der Waals surface area contributed by atoms with Crippen molar-refractivity contribution in [1.29, 1.82) is 0 Å². The van der Waals surface area contributed by atoms with E-state index in [1.54, 1.807) is 24.1 Å². The lowest BCUT2D eigenvalue weighted by Gasteiger charge is -2.19. The van der Waals surface area contributed by atoms with Crippen molar-refractivity contribution in [3.05, 3.63) is 46.2 Å². The second-order valence-electron chi connectivity index (χ2n) is 4.29. The summed E-state index contributed by atoms with van der Waals surface area (Å²) in [5.41, 5.74) is 5.71. The lowest BCUT2D eigenvalue weighted by Crippen LogP contribution is -2.29. The summed E-state index contributed by atoms with van der Waals surface area (Å²) in [4.78, 5) is 0. The first-order valence-electron chi connectivity index (χ1n) is 5.86. The SMILES string of the molecule is COc1ccc(Cl)cc1C(NN)c1cnn(C)c1C. The summed E-state index contributed by atoms with van der Waals surface area (Å²) in [6, 6.07) is 5.24. The molecule has 1 atom stereocenters. The lowest BCUT2D eigenvalue weighted by atomic mass is 9.99. The molecule has 2 aromatic rings. The van der Waals surface area contributed by atoms with Gasteiger partial charge in [0.05, 0.1) is 19.3 Å². The normalized spacial score (nSPS) is 12.5. The number of aryl methyl sites for hydroxylation is 1. The second kappa shape index (κ2) is 5.61. The molecule has 1 aromatic heterocycles. The van der Waals surface area contributed by atoms with Crippen molar-refractivity contribution in [2.24, 2.45) is 12.9 Å². The Morgan fingerprint density at radius 1 is 1.42 bits per heavy atom. The van der Waals surface area contributed by atoms with Crippen molar-refractivity contribution in [3.8, 4) is 5.75 Å². The van der Waals surface area contributed by atoms with Gasteiger partial charge in [-0.15, -0.1) is 0 Å². The van der Waals surface area contributed by atoms with Gasteiger partial charge in [0.1, 0.15) is 5.75 Å². The zero-order valence-electron chi connectivity index (χ0n) is 11.1. The van der Waals surface area contributed by atoms with E-state index in [4.69, 9.17) is 22.2 Å². The topological polar surface area (TPSA) is 65.1 Å². The second-order valence-corrected chi connectivity index (χ2v) is 4.73. The molecule has 5 nitrogen and oxygen atoms in total. The number of methoxy groups -OCH3 is 1. The highest BCUT2D eigenvalue weighted by Gasteiger charge is 2.21. The molecule has 2 rings (SSSR count). The van der Waals surface area contributed by atoms with E-state index in [-0.39, 0.29) is 6.04 Å². The van der Waals surface area contributed by atoms with Crippen molar-refractivity contribution in [3.63, 3.8) is 0 Å². The van der Waals surface area contributed by atoms with Crippen molar-refractivity contribution < 1.29 is 4.74 Å². The van der Waals surface area contributed by atoms with E-state index in [0.717, 1.165) is 22.6 Å². The van der Waals surface area contributed by atoms with Gasteiger partial charge in [-0.3, -0.25) is 10.5 Å². The fraction of sp³-hybridized carbons (Fsp3) is 0.308. The van der Waals surface area contributed by atoms with Gasteiger partial charge in [0.15, 0.2) is 0 Å². The third-order valence-electron chi connectivity index (χ3n) is 3.25. The zero-order valence-corrected chi connectivity index (χ0v) is 11.9. The number of nitrogens with two attached hydrogens (primary N) is 1. The van der Waals surface area contributed by atoms with Gasteiger partial charge in [0.25, 0.3) is 0 Å². The maximum absolute atomic E-state index is 6.06. The van der Waals surface area contributed by atoms with E-state index in [2.05, 4.69) is 10.5 Å². The fourth-order valence-corrected chi connectivity index (χ4v) is 2.26. The van der Waals surface area contributed by atoms with Crippen LogP contribution in [0.1, 0.15) is 22.9 Å². The zero-order chi connectivity index (χ0) is 14.0. The van der Waals surface area contributed by atoms with Gasteiger partial charge in [-0.2, -0.15) is 5.10 Å². The van der Waals surface area contributed by atoms with Crippen LogP contribution in [0.2, 0.25) is 5.02 Å². The molecular weight excluding hydrogens is 264 g/mol. The molecule has 6 heteroatoms. The number of halogens is 1. The highest BCUT2D eigenvalue weighted by molar-refractivity contribution is 6.30. The third kappa shape index (κ3) is 2.58. The van der Waals surface area contributed by atoms with Gasteiger partial charge < -0.3 is 4.74 Å². The van der Waals surface area contributed by atoms with Crippen LogP contribution in [0.5, 0.6) is 5.75 Å². The Morgan fingerprint density at radius 3 is 2.68 bits per heavy atom. The number of rotatable bonds is 4. The first kappa shape index (κ1) is 13.9. The number of hydrogen-bond acceptors (Lipinski definition) is 4. The standard InChI is InChI=1S/C13H17ClN4O/c1-8-11(7-16-18(8)2)13(17-15)10-6-9(14)4-5-12(10)19-3/h4-7,13,17H,15H2,1-3H3. The van der Waals surface area contributed by atoms with Gasteiger partial charge in [-0.25, -0.2) is 5.43 Å². The van der Waals surface area contributed by atoms with E-state index in [9.17, 15) is 0 Å². The third-order valence-corrected chi connectivity index (χ3v) is 3.49. The molecule has 19 heavy (non-hydrogen) atoms. The first-order valence-corrected chi connectivity index (χ1v) is 6.24. The quantitative estimate of drug-likeness (QED) is 0.664. The van der Waals surface area contributed by atoms with E-state index < -0.39 is 0 Å². The number of nitrogens with one attached hydrogen (secondary N) is 1. The van der Waals surface area contributed by atoms with E-state index >= 15 is 0 Å². The van der Waals surface area contributed by atoms with Crippen LogP contribution in [0.4, 0.5) is 0 Å². The number of aromatic nitrogens is 2. The molecule has 0 spiro atoms. The maximum atomic E-state index is 6.06. The molecule has 102 valence electrons. The summed E-state index contributed by atoms with van der Waals surface area (Å²) in [7, 11) is 3.51. The Bertz CT molecular complexity index is 582. The van der Waals surface area contributed by atoms with E-state index in [1.807, 2.05) is 26.1 Å². The molecule has 0 bridgehead atoms. The number of nitrogens with zero attached hydrogens (tertiary/aromatic N) is 2. The molecule has 0 saturated carbocycles. The molecule has 0 radical (unpaired) electrons. The summed E-state index contributed by atoms with van der Waals surface area (Å²) in [5, 5.41) is 4.87. The minimum absolute atomic E-state index is 0.220. The van der Waals surface area contributed by atoms with Crippen LogP contribution in [0.3, 0.4) is 0 Å². The fourth-order valence-electron chi connectivity index (χ4n) is 2.08. The van der Waals surface area contributed by atoms with E-state index in [1.165, 1.54) is 0 Å². The molecule has 1 heterocycles. The predicted octanol–water partition coefficient (Wildman–Crippen LogP) is 1.94. The number of benzene rings is 1. The Morgan fingerprint density at radius 2 is 2.16 bits per heavy atom. The first-order chi connectivity index (χ1) is 9.08. The minimum Gasteiger partial charge on any atom is -0.496 e. The summed E-state index contributed by atoms with van der Waals surface area (Å²) >= 11 is 6.06. The summed E-state index contributed by atoms with van der Waals surface area (Å²) < 4.78 is 7.17. The number of hydrazine groups is 1. The summed E-state index contributed by atoms with van der Waals surface area (Å²) in [6.07, 6.45) is 1.79. The largest absolute Gasteiger partial charge is 0.496 e. The highest BCUT2D eigenvalue weighted by atomic mass is 35.5. The van der Waals surface area contributed by atoms with Gasteiger partial charge >= 0.3 is 0 Å². The molecular formula is C13H17ClN4O. The lowest BCUT2D eigenvalue weighted by molar-refractivity contribution is 0.404. The van der Waals surface area contributed by atoms with Crippen molar-refractivity contribution in [1.82, 2.24) is 15.2 Å². The van der Waals surface area contributed by atoms with Gasteiger partial charge in [0.2, 0.25) is 0 Å². The molecule has 0 fully saturated rings. The summed E-state index contributed by atoms with van der Waals surface area (Å²) in [5.74, 6) is 6.43. The molecule has 0 saturated heterocycles. The predicted molar refractivity (Wildman–Crippen MR) is 75.1 cm³/mol. The summed E-state index contributed by atoms with van der Waals surface area (Å²) in [6.45, 7) is 1.99. The molecule has 0 aliphatic rings. The van der Waals surface area contributed by atoms with Crippen molar-refractivity contribution in [2.45, 2.75) is 13.0 Å². The average molecular weight is 281 g/mol. The monoisotopic (exact) mass is 280 g/mol. The van der Waals surface area contributed by atoms with Crippen molar-refractivity contribution >= 4 is 11.6 Å². The average Bonchev–Trinajstić information content (AvgIpc) is 2.72. The molecule has 1 unspecified atom stereocenters. The van der Waals surface area contributed by atoms with Crippen LogP contribution < -0.4 is 16.0 Å². The highest BCUT2D eigenvalue weighted by Crippen LogP contribution is 2.32. The Kier molecular flexibility index (Phi) is 4.09. The van der Waals surface area contributed by atoms with Crippen LogP contribution in [-0.2, 0) is 7.05 Å².